The normalized spacial score (nSPS) is 10.4. The van der Waals surface area contributed by atoms with Crippen LogP contribution in [0.2, 0.25) is 0 Å². The Bertz CT molecular complexity index is 685. The Morgan fingerprint density at radius 1 is 1.10 bits per heavy atom. The van der Waals surface area contributed by atoms with Gasteiger partial charge in [0.2, 0.25) is 11.1 Å². The van der Waals surface area contributed by atoms with Crippen LogP contribution < -0.4 is 11.3 Å². The molecule has 3 aromatic rings. The average molecular weight is 286 g/mol. The number of nitrogens with two attached hydrogens (primary N) is 1. The van der Waals surface area contributed by atoms with Crippen LogP contribution in [0.4, 0.5) is 5.95 Å². The molecular weight excluding hydrogens is 276 g/mol. The first-order valence-electron chi connectivity index (χ1n) is 5.67. The Morgan fingerprint density at radius 2 is 2.05 bits per heavy atom. The second-order valence-corrected chi connectivity index (χ2v) is 4.59. The molecule has 100 valence electrons. The number of pyridine rings is 1. The van der Waals surface area contributed by atoms with E-state index in [-0.39, 0.29) is 5.95 Å². The Hall–Kier alpha value is -2.52. The fourth-order valence-electron chi connectivity index (χ4n) is 1.45. The highest BCUT2D eigenvalue weighted by Gasteiger charge is 2.09. The molecule has 0 amide bonds. The second kappa shape index (κ2) is 5.63. The summed E-state index contributed by atoms with van der Waals surface area (Å²) >= 11 is 1.32. The van der Waals surface area contributed by atoms with E-state index in [1.165, 1.54) is 16.4 Å². The molecule has 8 nitrogen and oxygen atoms in total. The summed E-state index contributed by atoms with van der Waals surface area (Å²) in [6.07, 6.45) is 5.09. The first-order valence-corrected chi connectivity index (χ1v) is 6.48. The van der Waals surface area contributed by atoms with Crippen molar-refractivity contribution in [2.24, 2.45) is 5.84 Å². The lowest BCUT2D eigenvalue weighted by Crippen LogP contribution is -2.14. The predicted octanol–water partition coefficient (Wildman–Crippen LogP) is 0.889. The van der Waals surface area contributed by atoms with E-state index in [1.54, 1.807) is 24.7 Å². The van der Waals surface area contributed by atoms with Gasteiger partial charge >= 0.3 is 0 Å². The van der Waals surface area contributed by atoms with Crippen molar-refractivity contribution in [1.82, 2.24) is 29.7 Å². The SMILES string of the molecule is NNc1nc(Sc2ccccn2)nc(-n2cccn2)n1. The molecule has 0 radical (unpaired) electrons. The third kappa shape index (κ3) is 2.73. The number of nitrogens with zero attached hydrogens (tertiary/aromatic N) is 6. The number of rotatable bonds is 4. The van der Waals surface area contributed by atoms with E-state index >= 15 is 0 Å². The van der Waals surface area contributed by atoms with Gasteiger partial charge in [0.1, 0.15) is 5.03 Å². The Morgan fingerprint density at radius 3 is 2.75 bits per heavy atom. The lowest BCUT2D eigenvalue weighted by Gasteiger charge is -2.05. The van der Waals surface area contributed by atoms with Crippen molar-refractivity contribution in [3.05, 3.63) is 42.9 Å². The number of hydrazine groups is 1. The molecule has 0 saturated heterocycles. The Kier molecular flexibility index (Phi) is 3.52. The molecule has 0 spiro atoms. The second-order valence-electron chi connectivity index (χ2n) is 3.61. The van der Waals surface area contributed by atoms with E-state index in [0.29, 0.717) is 11.1 Å². The van der Waals surface area contributed by atoms with E-state index < -0.39 is 0 Å². The largest absolute Gasteiger partial charge is 0.292 e. The Balaban J connectivity index is 1.96. The van der Waals surface area contributed by atoms with Crippen molar-refractivity contribution >= 4 is 17.7 Å². The number of aromatic nitrogens is 6. The summed E-state index contributed by atoms with van der Waals surface area (Å²) in [6, 6.07) is 7.40. The third-order valence-corrected chi connectivity index (χ3v) is 3.09. The molecule has 3 N–H and O–H groups in total. The zero-order chi connectivity index (χ0) is 13.8. The number of nitrogens with one attached hydrogen (secondary N) is 1. The zero-order valence-corrected chi connectivity index (χ0v) is 11.0. The molecule has 0 fully saturated rings. The fraction of sp³-hybridized carbons (Fsp3) is 0. The maximum Gasteiger partial charge on any atom is 0.256 e. The van der Waals surface area contributed by atoms with Gasteiger partial charge in [-0.3, -0.25) is 5.43 Å². The molecule has 0 aliphatic heterocycles. The smallest absolute Gasteiger partial charge is 0.256 e. The molecule has 3 aromatic heterocycles. The first kappa shape index (κ1) is 12.5. The maximum atomic E-state index is 5.38. The van der Waals surface area contributed by atoms with Gasteiger partial charge < -0.3 is 0 Å². The number of nitrogen functional groups attached to an aromatic ring is 1. The van der Waals surface area contributed by atoms with Gasteiger partial charge in [0.15, 0.2) is 0 Å². The molecule has 0 aliphatic carbocycles. The molecular formula is C11H10N8S. The minimum Gasteiger partial charge on any atom is -0.292 e. The molecule has 0 saturated carbocycles. The highest BCUT2D eigenvalue weighted by Crippen LogP contribution is 2.23. The lowest BCUT2D eigenvalue weighted by molar-refractivity contribution is 0.760. The van der Waals surface area contributed by atoms with E-state index in [0.717, 1.165) is 5.03 Å². The minimum atomic E-state index is 0.268. The molecule has 20 heavy (non-hydrogen) atoms. The van der Waals surface area contributed by atoms with Crippen LogP contribution in [0.25, 0.3) is 5.95 Å². The minimum absolute atomic E-state index is 0.268. The average Bonchev–Trinajstić information content (AvgIpc) is 3.02. The van der Waals surface area contributed by atoms with E-state index in [1.807, 2.05) is 18.2 Å². The summed E-state index contributed by atoms with van der Waals surface area (Å²) in [5.74, 6) is 6.03. The zero-order valence-electron chi connectivity index (χ0n) is 10.2. The van der Waals surface area contributed by atoms with Crippen molar-refractivity contribution in [2.75, 3.05) is 5.43 Å². The van der Waals surface area contributed by atoms with Crippen LogP contribution in [0.5, 0.6) is 0 Å². The number of anilines is 1. The van der Waals surface area contributed by atoms with Crippen molar-refractivity contribution in [3.63, 3.8) is 0 Å². The van der Waals surface area contributed by atoms with Crippen LogP contribution in [0.3, 0.4) is 0 Å². The highest BCUT2D eigenvalue weighted by molar-refractivity contribution is 7.99. The van der Waals surface area contributed by atoms with Crippen LogP contribution in [0.15, 0.2) is 53.0 Å². The summed E-state index contributed by atoms with van der Waals surface area (Å²) in [5, 5.41) is 5.35. The van der Waals surface area contributed by atoms with Gasteiger partial charge in [-0.15, -0.1) is 0 Å². The van der Waals surface area contributed by atoms with E-state index in [4.69, 9.17) is 5.84 Å². The van der Waals surface area contributed by atoms with Gasteiger partial charge in [-0.1, -0.05) is 6.07 Å². The Labute approximate surface area is 118 Å². The van der Waals surface area contributed by atoms with Crippen LogP contribution in [0, 0.1) is 0 Å². The third-order valence-electron chi connectivity index (χ3n) is 2.28. The van der Waals surface area contributed by atoms with Gasteiger partial charge in [0.25, 0.3) is 5.95 Å². The molecule has 0 aliphatic rings. The van der Waals surface area contributed by atoms with Crippen molar-refractivity contribution in [2.45, 2.75) is 10.2 Å². The standard InChI is InChI=1S/C11H10N8S/c12-18-9-15-10(19-7-3-6-14-19)17-11(16-9)20-8-4-1-2-5-13-8/h1-7H,12H2,(H,15,16,17,18). The van der Waals surface area contributed by atoms with Crippen molar-refractivity contribution < 1.29 is 0 Å². The summed E-state index contributed by atoms with van der Waals surface area (Å²) in [4.78, 5) is 16.9. The quantitative estimate of drug-likeness (QED) is 0.538. The van der Waals surface area contributed by atoms with Crippen molar-refractivity contribution in [1.29, 1.82) is 0 Å². The molecule has 0 atom stereocenters. The summed E-state index contributed by atoms with van der Waals surface area (Å²) in [5.41, 5.74) is 2.42. The van der Waals surface area contributed by atoms with E-state index in [9.17, 15) is 0 Å². The van der Waals surface area contributed by atoms with Gasteiger partial charge in [-0.2, -0.15) is 20.1 Å². The topological polar surface area (TPSA) is 107 Å². The van der Waals surface area contributed by atoms with Crippen LogP contribution >= 0.6 is 11.8 Å². The lowest BCUT2D eigenvalue weighted by atomic mass is 10.5. The molecule has 0 aromatic carbocycles. The van der Waals surface area contributed by atoms with Crippen LogP contribution in [-0.2, 0) is 0 Å². The van der Waals surface area contributed by atoms with Gasteiger partial charge in [0, 0.05) is 18.6 Å². The number of hydrogen-bond donors (Lipinski definition) is 2. The molecule has 0 unspecified atom stereocenters. The molecule has 9 heteroatoms. The maximum absolute atomic E-state index is 5.38. The van der Waals surface area contributed by atoms with Crippen LogP contribution in [0.1, 0.15) is 0 Å². The van der Waals surface area contributed by atoms with Crippen LogP contribution in [-0.4, -0.2) is 29.7 Å². The predicted molar refractivity (Wildman–Crippen MR) is 73.1 cm³/mol. The highest BCUT2D eigenvalue weighted by atomic mass is 32.2. The summed E-state index contributed by atoms with van der Waals surface area (Å²) in [6.45, 7) is 0. The van der Waals surface area contributed by atoms with E-state index in [2.05, 4.69) is 30.5 Å². The van der Waals surface area contributed by atoms with Crippen molar-refractivity contribution in [3.8, 4) is 5.95 Å². The summed E-state index contributed by atoms with van der Waals surface area (Å²) in [7, 11) is 0. The number of hydrogen-bond acceptors (Lipinski definition) is 8. The molecule has 0 bridgehead atoms. The summed E-state index contributed by atoms with van der Waals surface area (Å²) < 4.78 is 1.53. The van der Waals surface area contributed by atoms with Gasteiger partial charge in [-0.25, -0.2) is 15.5 Å². The fourth-order valence-corrected chi connectivity index (χ4v) is 2.15. The first-order chi connectivity index (χ1) is 9.85. The van der Waals surface area contributed by atoms with Gasteiger partial charge in [-0.05, 0) is 30.0 Å². The molecule has 3 rings (SSSR count). The molecule has 3 heterocycles. The van der Waals surface area contributed by atoms with Gasteiger partial charge in [0.05, 0.1) is 0 Å². The monoisotopic (exact) mass is 286 g/mol.